The molecular weight excluding hydrogens is 383 g/mol. The monoisotopic (exact) mass is 402 g/mol. The molecule has 9 heteroatoms. The third-order valence-electron chi connectivity index (χ3n) is 4.75. The summed E-state index contributed by atoms with van der Waals surface area (Å²) in [6, 6.07) is 13.6. The van der Waals surface area contributed by atoms with Crippen molar-refractivity contribution in [3.8, 4) is 11.4 Å². The quantitative estimate of drug-likeness (QED) is 0.706. The van der Waals surface area contributed by atoms with Crippen LogP contribution in [0.4, 0.5) is 4.39 Å². The van der Waals surface area contributed by atoms with Gasteiger partial charge in [-0.05, 0) is 49.9 Å². The van der Waals surface area contributed by atoms with Crippen molar-refractivity contribution >= 4 is 10.0 Å². The summed E-state index contributed by atoms with van der Waals surface area (Å²) in [5.41, 5.74) is 0.651. The molecule has 1 aromatic heterocycles. The summed E-state index contributed by atoms with van der Waals surface area (Å²) in [5, 5.41) is 3.97. The molecule has 0 aliphatic carbocycles. The molecule has 28 heavy (non-hydrogen) atoms. The smallest absolute Gasteiger partial charge is 0.244 e. The van der Waals surface area contributed by atoms with E-state index in [9.17, 15) is 12.8 Å². The second-order valence-corrected chi connectivity index (χ2v) is 8.50. The predicted molar refractivity (Wildman–Crippen MR) is 100 cm³/mol. The summed E-state index contributed by atoms with van der Waals surface area (Å²) >= 11 is 0. The predicted octanol–water partition coefficient (Wildman–Crippen LogP) is 2.60. The number of hydrogen-bond donors (Lipinski definition) is 1. The van der Waals surface area contributed by atoms with E-state index >= 15 is 0 Å². The van der Waals surface area contributed by atoms with E-state index < -0.39 is 10.0 Å². The number of nitrogens with zero attached hydrogens (tertiary/aromatic N) is 3. The highest BCUT2D eigenvalue weighted by Crippen LogP contribution is 2.31. The molecule has 1 aliphatic heterocycles. The Morgan fingerprint density at radius 1 is 1.14 bits per heavy atom. The van der Waals surface area contributed by atoms with Crippen LogP contribution in [0.25, 0.3) is 11.4 Å². The van der Waals surface area contributed by atoms with Gasteiger partial charge in [-0.15, -0.1) is 0 Å². The van der Waals surface area contributed by atoms with Crippen molar-refractivity contribution in [3.63, 3.8) is 0 Å². The standard InChI is InChI=1S/C19H19FN4O3S/c1-24-12-15(23-28(25,26)16-5-3-2-4-6-16)11-17(24)19-21-18(22-27-19)13-7-9-14(20)10-8-13/h2-10,15,17,23H,11-12H2,1H3. The summed E-state index contributed by atoms with van der Waals surface area (Å²) in [7, 11) is -1.72. The van der Waals surface area contributed by atoms with Gasteiger partial charge in [0.05, 0.1) is 10.9 Å². The molecule has 0 amide bonds. The third-order valence-corrected chi connectivity index (χ3v) is 6.29. The molecule has 1 saturated heterocycles. The normalized spacial score (nSPS) is 20.5. The van der Waals surface area contributed by atoms with Gasteiger partial charge < -0.3 is 4.52 Å². The molecule has 2 aromatic carbocycles. The van der Waals surface area contributed by atoms with Gasteiger partial charge in [0, 0.05) is 18.2 Å². The zero-order valence-corrected chi connectivity index (χ0v) is 15.9. The van der Waals surface area contributed by atoms with Crippen molar-refractivity contribution in [2.24, 2.45) is 0 Å². The van der Waals surface area contributed by atoms with Gasteiger partial charge in [0.1, 0.15) is 5.82 Å². The van der Waals surface area contributed by atoms with Crippen LogP contribution in [0.2, 0.25) is 0 Å². The van der Waals surface area contributed by atoms with Crippen LogP contribution in [0.3, 0.4) is 0 Å². The topological polar surface area (TPSA) is 88.3 Å². The molecule has 7 nitrogen and oxygen atoms in total. The average molecular weight is 402 g/mol. The lowest BCUT2D eigenvalue weighted by Crippen LogP contribution is -2.36. The van der Waals surface area contributed by atoms with E-state index in [-0.39, 0.29) is 22.8 Å². The van der Waals surface area contributed by atoms with Gasteiger partial charge in [-0.2, -0.15) is 4.98 Å². The van der Waals surface area contributed by atoms with E-state index in [2.05, 4.69) is 14.9 Å². The van der Waals surface area contributed by atoms with Gasteiger partial charge >= 0.3 is 0 Å². The van der Waals surface area contributed by atoms with Crippen LogP contribution in [0.1, 0.15) is 18.4 Å². The number of likely N-dealkylation sites (N-methyl/N-ethyl adjacent to an activating group) is 1. The Balaban J connectivity index is 1.48. The van der Waals surface area contributed by atoms with E-state index in [0.29, 0.717) is 30.2 Å². The molecule has 0 saturated carbocycles. The van der Waals surface area contributed by atoms with E-state index in [1.54, 1.807) is 42.5 Å². The third kappa shape index (κ3) is 3.82. The highest BCUT2D eigenvalue weighted by atomic mass is 32.2. The number of aromatic nitrogens is 2. The minimum Gasteiger partial charge on any atom is -0.337 e. The van der Waals surface area contributed by atoms with Crippen molar-refractivity contribution in [1.82, 2.24) is 19.8 Å². The zero-order valence-electron chi connectivity index (χ0n) is 15.1. The van der Waals surface area contributed by atoms with Gasteiger partial charge in [0.15, 0.2) is 0 Å². The van der Waals surface area contributed by atoms with E-state index in [4.69, 9.17) is 4.52 Å². The molecule has 1 fully saturated rings. The molecule has 3 aromatic rings. The van der Waals surface area contributed by atoms with Crippen molar-refractivity contribution < 1.29 is 17.3 Å². The fourth-order valence-electron chi connectivity index (χ4n) is 3.35. The maximum atomic E-state index is 13.1. The Kier molecular flexibility index (Phi) is 4.96. The summed E-state index contributed by atoms with van der Waals surface area (Å²) in [6.07, 6.45) is 0.508. The number of benzene rings is 2. The van der Waals surface area contributed by atoms with Gasteiger partial charge in [-0.3, -0.25) is 4.90 Å². The van der Waals surface area contributed by atoms with Gasteiger partial charge in [-0.25, -0.2) is 17.5 Å². The molecule has 0 radical (unpaired) electrons. The maximum absolute atomic E-state index is 13.1. The first kappa shape index (κ1) is 18.7. The first-order valence-corrected chi connectivity index (χ1v) is 10.3. The van der Waals surface area contributed by atoms with Crippen molar-refractivity contribution in [1.29, 1.82) is 0 Å². The fraction of sp³-hybridized carbons (Fsp3) is 0.263. The molecule has 1 N–H and O–H groups in total. The van der Waals surface area contributed by atoms with Crippen molar-refractivity contribution in [3.05, 3.63) is 66.3 Å². The fourth-order valence-corrected chi connectivity index (χ4v) is 4.61. The second-order valence-electron chi connectivity index (χ2n) is 6.79. The number of likely N-dealkylation sites (tertiary alicyclic amines) is 1. The summed E-state index contributed by atoms with van der Waals surface area (Å²) in [4.78, 5) is 6.62. The molecule has 1 aliphatic rings. The molecule has 2 unspecified atom stereocenters. The number of nitrogens with one attached hydrogen (secondary N) is 1. The van der Waals surface area contributed by atoms with Gasteiger partial charge in [0.2, 0.25) is 21.7 Å². The largest absolute Gasteiger partial charge is 0.337 e. The van der Waals surface area contributed by atoms with Crippen LogP contribution in [-0.4, -0.2) is 43.1 Å². The summed E-state index contributed by atoms with van der Waals surface area (Å²) < 4.78 is 46.3. The summed E-state index contributed by atoms with van der Waals surface area (Å²) in [5.74, 6) is 0.441. The van der Waals surface area contributed by atoms with Crippen molar-refractivity contribution in [2.75, 3.05) is 13.6 Å². The molecule has 0 bridgehead atoms. The molecule has 4 rings (SSSR count). The lowest BCUT2D eigenvalue weighted by molar-refractivity contribution is 0.244. The number of sulfonamides is 1. The molecule has 0 spiro atoms. The Morgan fingerprint density at radius 2 is 1.86 bits per heavy atom. The minimum atomic E-state index is -3.59. The lowest BCUT2D eigenvalue weighted by Gasteiger charge is -2.14. The Hall–Kier alpha value is -2.62. The first-order chi connectivity index (χ1) is 13.4. The maximum Gasteiger partial charge on any atom is 0.244 e. The van der Waals surface area contributed by atoms with Crippen LogP contribution < -0.4 is 4.72 Å². The van der Waals surface area contributed by atoms with Gasteiger partial charge in [0.25, 0.3) is 0 Å². The molecule has 2 heterocycles. The summed E-state index contributed by atoms with van der Waals surface area (Å²) in [6.45, 7) is 0.519. The molecule has 2 atom stereocenters. The average Bonchev–Trinajstić information content (AvgIpc) is 3.29. The Morgan fingerprint density at radius 3 is 2.57 bits per heavy atom. The number of hydrogen-bond acceptors (Lipinski definition) is 6. The second kappa shape index (κ2) is 7.42. The lowest BCUT2D eigenvalue weighted by atomic mass is 10.2. The number of halogens is 1. The SMILES string of the molecule is CN1CC(NS(=O)(=O)c2ccccc2)CC1c1nc(-c2ccc(F)cc2)no1. The van der Waals surface area contributed by atoms with Crippen LogP contribution >= 0.6 is 0 Å². The molecule has 146 valence electrons. The number of rotatable bonds is 5. The highest BCUT2D eigenvalue weighted by Gasteiger charge is 2.36. The highest BCUT2D eigenvalue weighted by molar-refractivity contribution is 7.89. The minimum absolute atomic E-state index is 0.204. The first-order valence-electron chi connectivity index (χ1n) is 8.79. The van der Waals surface area contributed by atoms with Gasteiger partial charge in [-0.1, -0.05) is 23.4 Å². The van der Waals surface area contributed by atoms with E-state index in [1.807, 2.05) is 11.9 Å². The van der Waals surface area contributed by atoms with E-state index in [0.717, 1.165) is 0 Å². The van der Waals surface area contributed by atoms with Crippen LogP contribution in [0.5, 0.6) is 0 Å². The van der Waals surface area contributed by atoms with E-state index in [1.165, 1.54) is 12.1 Å². The Bertz CT molecular complexity index is 1050. The molecular formula is C19H19FN4O3S. The van der Waals surface area contributed by atoms with Crippen LogP contribution in [0.15, 0.2) is 64.0 Å². The Labute approximate surface area is 162 Å². The van der Waals surface area contributed by atoms with Crippen LogP contribution in [0, 0.1) is 5.82 Å². The van der Waals surface area contributed by atoms with Crippen molar-refractivity contribution in [2.45, 2.75) is 23.4 Å². The van der Waals surface area contributed by atoms with Crippen LogP contribution in [-0.2, 0) is 10.0 Å². The zero-order chi connectivity index (χ0) is 19.7.